The number of piperidine rings is 1. The van der Waals surface area contributed by atoms with Gasteiger partial charge in [0.05, 0.1) is 31.7 Å². The first-order chi connectivity index (χ1) is 17.0. The zero-order chi connectivity index (χ0) is 24.8. The van der Waals surface area contributed by atoms with Crippen LogP contribution in [0.1, 0.15) is 41.6 Å². The number of aryl methyl sites for hydroxylation is 1. The molecule has 1 saturated heterocycles. The molecule has 0 spiro atoms. The van der Waals surface area contributed by atoms with Crippen LogP contribution in [0.4, 0.5) is 5.69 Å². The lowest BCUT2D eigenvalue weighted by Crippen LogP contribution is -2.40. The number of hydrogen-bond donors (Lipinski definition) is 1. The van der Waals surface area contributed by atoms with Gasteiger partial charge in [0.1, 0.15) is 5.75 Å². The Hall–Kier alpha value is -3.72. The lowest BCUT2D eigenvalue weighted by molar-refractivity contribution is -0.121. The number of aromatic nitrogens is 2. The molecule has 9 nitrogen and oxygen atoms in total. The van der Waals surface area contributed by atoms with Gasteiger partial charge in [-0.2, -0.15) is 4.98 Å². The summed E-state index contributed by atoms with van der Waals surface area (Å²) in [5.74, 6) is 1.24. The van der Waals surface area contributed by atoms with Crippen molar-refractivity contribution < 1.29 is 23.6 Å². The van der Waals surface area contributed by atoms with E-state index in [0.29, 0.717) is 42.7 Å². The van der Waals surface area contributed by atoms with E-state index in [1.807, 2.05) is 31.2 Å². The molecule has 0 aliphatic carbocycles. The molecule has 1 fully saturated rings. The summed E-state index contributed by atoms with van der Waals surface area (Å²) in [7, 11) is 1.62. The van der Waals surface area contributed by atoms with Crippen molar-refractivity contribution in [1.29, 1.82) is 0 Å². The standard InChI is InChI=1S/C26H30N4O5/c1-4-34-26(32)19-9-12-22(17(2)14-19)27-25(31)20-6-5-13-30(15-20)16-23-28-24(29-35-23)18-7-10-21(33-3)11-8-18/h7-12,14,20H,4-6,13,15-16H2,1-3H3,(H,27,31). The van der Waals surface area contributed by atoms with Crippen LogP contribution in [0.3, 0.4) is 0 Å². The average Bonchev–Trinajstić information content (AvgIpc) is 3.34. The second kappa shape index (κ2) is 11.1. The number of benzene rings is 2. The SMILES string of the molecule is CCOC(=O)c1ccc(NC(=O)C2CCCN(Cc3nc(-c4ccc(OC)cc4)no3)C2)c(C)c1. The number of methoxy groups -OCH3 is 1. The van der Waals surface area contributed by atoms with Gasteiger partial charge in [-0.3, -0.25) is 9.69 Å². The zero-order valence-electron chi connectivity index (χ0n) is 20.2. The molecule has 1 aliphatic heterocycles. The van der Waals surface area contributed by atoms with Crippen molar-refractivity contribution in [2.45, 2.75) is 33.2 Å². The minimum absolute atomic E-state index is 0.0360. The molecule has 2 heterocycles. The van der Waals surface area contributed by atoms with E-state index in [0.717, 1.165) is 36.3 Å². The first-order valence-corrected chi connectivity index (χ1v) is 11.7. The molecule has 1 amide bonds. The highest BCUT2D eigenvalue weighted by molar-refractivity contribution is 5.95. The molecule has 2 aromatic carbocycles. The molecule has 1 unspecified atom stereocenters. The lowest BCUT2D eigenvalue weighted by atomic mass is 9.96. The number of carbonyl (C=O) groups excluding carboxylic acids is 2. The molecule has 0 radical (unpaired) electrons. The quantitative estimate of drug-likeness (QED) is 0.483. The summed E-state index contributed by atoms with van der Waals surface area (Å²) in [6.45, 7) is 5.90. The fourth-order valence-corrected chi connectivity index (χ4v) is 4.16. The van der Waals surface area contributed by atoms with Gasteiger partial charge in [-0.1, -0.05) is 5.16 Å². The van der Waals surface area contributed by atoms with E-state index < -0.39 is 0 Å². The topological polar surface area (TPSA) is 107 Å². The summed E-state index contributed by atoms with van der Waals surface area (Å²) >= 11 is 0. The molecule has 35 heavy (non-hydrogen) atoms. The maximum absolute atomic E-state index is 13.0. The zero-order valence-corrected chi connectivity index (χ0v) is 20.2. The molecular weight excluding hydrogens is 448 g/mol. The van der Waals surface area contributed by atoms with Crippen LogP contribution in [0.25, 0.3) is 11.4 Å². The molecule has 1 aromatic heterocycles. The Kier molecular flexibility index (Phi) is 7.77. The molecule has 1 atom stereocenters. The normalized spacial score (nSPS) is 16.0. The van der Waals surface area contributed by atoms with E-state index in [4.69, 9.17) is 14.0 Å². The predicted molar refractivity (Wildman–Crippen MR) is 130 cm³/mol. The van der Waals surface area contributed by atoms with Gasteiger partial charge in [-0.05, 0) is 81.3 Å². The number of nitrogens with zero attached hydrogens (tertiary/aromatic N) is 3. The van der Waals surface area contributed by atoms with Crippen molar-refractivity contribution in [2.24, 2.45) is 5.92 Å². The van der Waals surface area contributed by atoms with Gasteiger partial charge < -0.3 is 19.3 Å². The predicted octanol–water partition coefficient (Wildman–Crippen LogP) is 4.08. The summed E-state index contributed by atoms with van der Waals surface area (Å²) in [6, 6.07) is 12.6. The Morgan fingerprint density at radius 2 is 2.00 bits per heavy atom. The molecule has 3 aromatic rings. The number of likely N-dealkylation sites (tertiary alicyclic amines) is 1. The molecule has 184 valence electrons. The molecular formula is C26H30N4O5. The fraction of sp³-hybridized carbons (Fsp3) is 0.385. The average molecular weight is 479 g/mol. The van der Waals surface area contributed by atoms with Gasteiger partial charge in [0, 0.05) is 17.8 Å². The van der Waals surface area contributed by atoms with Crippen molar-refractivity contribution in [3.05, 3.63) is 59.5 Å². The number of carbonyl (C=O) groups is 2. The molecule has 4 rings (SSSR count). The molecule has 0 saturated carbocycles. The highest BCUT2D eigenvalue weighted by atomic mass is 16.5. The summed E-state index contributed by atoms with van der Waals surface area (Å²) < 4.78 is 15.7. The van der Waals surface area contributed by atoms with E-state index in [9.17, 15) is 9.59 Å². The van der Waals surface area contributed by atoms with Crippen molar-refractivity contribution in [3.8, 4) is 17.1 Å². The third kappa shape index (κ3) is 6.05. The second-order valence-electron chi connectivity index (χ2n) is 8.55. The highest BCUT2D eigenvalue weighted by Gasteiger charge is 2.27. The number of hydrogen-bond acceptors (Lipinski definition) is 8. The lowest BCUT2D eigenvalue weighted by Gasteiger charge is -2.31. The molecule has 1 aliphatic rings. The van der Waals surface area contributed by atoms with Crippen LogP contribution in [0.15, 0.2) is 47.0 Å². The van der Waals surface area contributed by atoms with E-state index in [-0.39, 0.29) is 17.8 Å². The molecule has 9 heteroatoms. The Bertz CT molecular complexity index is 1170. The minimum Gasteiger partial charge on any atom is -0.497 e. The summed E-state index contributed by atoms with van der Waals surface area (Å²) in [5, 5.41) is 7.11. The van der Waals surface area contributed by atoms with Crippen LogP contribution >= 0.6 is 0 Å². The Balaban J connectivity index is 1.35. The number of esters is 1. The second-order valence-corrected chi connectivity index (χ2v) is 8.55. The van der Waals surface area contributed by atoms with Gasteiger partial charge in [-0.15, -0.1) is 0 Å². The van der Waals surface area contributed by atoms with Crippen molar-refractivity contribution in [1.82, 2.24) is 15.0 Å². The van der Waals surface area contributed by atoms with Gasteiger partial charge in [-0.25, -0.2) is 4.79 Å². The van der Waals surface area contributed by atoms with Crippen LogP contribution in [0.2, 0.25) is 0 Å². The van der Waals surface area contributed by atoms with Crippen LogP contribution in [-0.2, 0) is 16.1 Å². The number of ether oxygens (including phenoxy) is 2. The Morgan fingerprint density at radius 1 is 1.20 bits per heavy atom. The first kappa shape index (κ1) is 24.4. The largest absolute Gasteiger partial charge is 0.497 e. The van der Waals surface area contributed by atoms with Crippen LogP contribution < -0.4 is 10.1 Å². The molecule has 1 N–H and O–H groups in total. The third-order valence-electron chi connectivity index (χ3n) is 6.05. The fourth-order valence-electron chi connectivity index (χ4n) is 4.16. The number of rotatable bonds is 8. The van der Waals surface area contributed by atoms with Crippen LogP contribution in [0, 0.1) is 12.8 Å². The Labute approximate surface area is 204 Å². The van der Waals surface area contributed by atoms with Gasteiger partial charge >= 0.3 is 5.97 Å². The monoisotopic (exact) mass is 478 g/mol. The number of anilines is 1. The van der Waals surface area contributed by atoms with Gasteiger partial charge in [0.25, 0.3) is 0 Å². The maximum Gasteiger partial charge on any atom is 0.338 e. The smallest absolute Gasteiger partial charge is 0.338 e. The summed E-state index contributed by atoms with van der Waals surface area (Å²) in [6.07, 6.45) is 1.71. The summed E-state index contributed by atoms with van der Waals surface area (Å²) in [5.41, 5.74) is 2.83. The van der Waals surface area contributed by atoms with Crippen molar-refractivity contribution >= 4 is 17.6 Å². The van der Waals surface area contributed by atoms with Crippen molar-refractivity contribution in [2.75, 3.05) is 32.1 Å². The van der Waals surface area contributed by atoms with E-state index in [2.05, 4.69) is 20.4 Å². The molecule has 0 bridgehead atoms. The van der Waals surface area contributed by atoms with Crippen LogP contribution in [-0.4, -0.2) is 53.7 Å². The third-order valence-corrected chi connectivity index (χ3v) is 6.05. The van der Waals surface area contributed by atoms with Crippen molar-refractivity contribution in [3.63, 3.8) is 0 Å². The number of nitrogens with one attached hydrogen (secondary N) is 1. The highest BCUT2D eigenvalue weighted by Crippen LogP contribution is 2.24. The van der Waals surface area contributed by atoms with E-state index in [1.165, 1.54) is 0 Å². The summed E-state index contributed by atoms with van der Waals surface area (Å²) in [4.78, 5) is 31.6. The Morgan fingerprint density at radius 3 is 2.71 bits per heavy atom. The van der Waals surface area contributed by atoms with E-state index in [1.54, 1.807) is 32.2 Å². The van der Waals surface area contributed by atoms with Gasteiger partial charge in [0.2, 0.25) is 17.6 Å². The minimum atomic E-state index is -0.368. The van der Waals surface area contributed by atoms with E-state index >= 15 is 0 Å². The number of amides is 1. The van der Waals surface area contributed by atoms with Gasteiger partial charge in [0.15, 0.2) is 0 Å². The van der Waals surface area contributed by atoms with Crippen LogP contribution in [0.5, 0.6) is 5.75 Å². The maximum atomic E-state index is 13.0. The first-order valence-electron chi connectivity index (χ1n) is 11.7.